The van der Waals surface area contributed by atoms with E-state index in [4.69, 9.17) is 4.74 Å². The third-order valence-electron chi connectivity index (χ3n) is 4.89. The Balaban J connectivity index is 1.88. The highest BCUT2D eigenvalue weighted by Gasteiger charge is 2.51. The fourth-order valence-corrected chi connectivity index (χ4v) is 5.42. The van der Waals surface area contributed by atoms with Crippen molar-refractivity contribution in [1.82, 2.24) is 9.88 Å². The number of amides is 1. The summed E-state index contributed by atoms with van der Waals surface area (Å²) in [6, 6.07) is 5.18. The number of carbonyl (C=O) groups excluding carboxylic acids is 1. The van der Waals surface area contributed by atoms with Crippen molar-refractivity contribution in [1.29, 1.82) is 0 Å². The monoisotopic (exact) mass is 393 g/mol. The van der Waals surface area contributed by atoms with E-state index in [0.717, 1.165) is 5.69 Å². The van der Waals surface area contributed by atoms with E-state index < -0.39 is 21.2 Å². The predicted octanol–water partition coefficient (Wildman–Crippen LogP) is 3.21. The Bertz CT molecular complexity index is 875. The van der Waals surface area contributed by atoms with Gasteiger partial charge in [0, 0.05) is 23.7 Å². The highest BCUT2D eigenvalue weighted by atomic mass is 32.2. The van der Waals surface area contributed by atoms with Gasteiger partial charge < -0.3 is 9.64 Å². The molecule has 1 aromatic heterocycles. The van der Waals surface area contributed by atoms with Crippen LogP contribution in [0.3, 0.4) is 0 Å². The molecule has 0 aliphatic carbocycles. The topological polar surface area (TPSA) is 79.8 Å². The molecule has 3 rings (SSSR count). The second-order valence-electron chi connectivity index (χ2n) is 8.33. The summed E-state index contributed by atoms with van der Waals surface area (Å²) in [4.78, 5) is 18.6. The van der Waals surface area contributed by atoms with Crippen LogP contribution in [0.15, 0.2) is 29.7 Å². The molecule has 2 unspecified atom stereocenters. The van der Waals surface area contributed by atoms with Gasteiger partial charge in [-0.25, -0.2) is 22.5 Å². The second kappa shape index (κ2) is 6.51. The fraction of sp³-hybridized carbons (Fsp3) is 0.579. The maximum Gasteiger partial charge on any atom is 0.410 e. The van der Waals surface area contributed by atoms with Gasteiger partial charge >= 0.3 is 6.09 Å². The number of ether oxygens (including phenoxy) is 1. The second-order valence-corrected chi connectivity index (χ2v) is 10.00. The summed E-state index contributed by atoms with van der Waals surface area (Å²) in [5.41, 5.74) is -0.526. The lowest BCUT2D eigenvalue weighted by Gasteiger charge is -2.46. The number of aromatic nitrogens is 1. The number of nitrogens with zero attached hydrogens (tertiary/aromatic N) is 3. The zero-order valence-electron chi connectivity index (χ0n) is 16.5. The number of hydrogen-bond donors (Lipinski definition) is 0. The summed E-state index contributed by atoms with van der Waals surface area (Å²) in [6.45, 7) is 9.67. The first-order valence-electron chi connectivity index (χ1n) is 9.12. The molecule has 27 heavy (non-hydrogen) atoms. The van der Waals surface area contributed by atoms with Gasteiger partial charge in [0.15, 0.2) is 0 Å². The average molecular weight is 394 g/mol. The predicted molar refractivity (Wildman–Crippen MR) is 104 cm³/mol. The summed E-state index contributed by atoms with van der Waals surface area (Å²) >= 11 is 0. The Hall–Kier alpha value is -2.09. The zero-order valence-corrected chi connectivity index (χ0v) is 17.3. The largest absolute Gasteiger partial charge is 0.444 e. The normalized spacial score (nSPS) is 27.2. The van der Waals surface area contributed by atoms with Gasteiger partial charge in [0.25, 0.3) is 10.0 Å². The smallest absolute Gasteiger partial charge is 0.410 e. The Morgan fingerprint density at radius 2 is 2.04 bits per heavy atom. The van der Waals surface area contributed by atoms with E-state index in [2.05, 4.69) is 4.98 Å². The van der Waals surface area contributed by atoms with Gasteiger partial charge in [0.05, 0.1) is 5.54 Å². The Morgan fingerprint density at radius 3 is 2.63 bits per heavy atom. The molecule has 2 atom stereocenters. The average Bonchev–Trinajstić information content (AvgIpc) is 2.76. The van der Waals surface area contributed by atoms with E-state index in [1.54, 1.807) is 23.1 Å². The van der Waals surface area contributed by atoms with Crippen molar-refractivity contribution in [3.8, 4) is 0 Å². The summed E-state index contributed by atoms with van der Waals surface area (Å²) < 4.78 is 32.4. The number of rotatable bonds is 1. The van der Waals surface area contributed by atoms with Crippen LogP contribution in [0.25, 0.3) is 0 Å². The van der Waals surface area contributed by atoms with Crippen LogP contribution < -0.4 is 4.31 Å². The van der Waals surface area contributed by atoms with Crippen molar-refractivity contribution in [3.05, 3.63) is 35.4 Å². The maximum absolute atomic E-state index is 12.8. The summed E-state index contributed by atoms with van der Waals surface area (Å²) in [5, 5.41) is 1.26. The first kappa shape index (κ1) is 19.7. The lowest BCUT2D eigenvalue weighted by Crippen LogP contribution is -2.58. The number of hydrogen-bond acceptors (Lipinski definition) is 5. The number of likely N-dealkylation sites (tertiary alicyclic amines) is 1. The molecular weight excluding hydrogens is 366 g/mol. The van der Waals surface area contributed by atoms with Gasteiger partial charge in [-0.1, -0.05) is 6.07 Å². The molecule has 148 valence electrons. The molecule has 2 aliphatic heterocycles. The van der Waals surface area contributed by atoms with E-state index in [9.17, 15) is 13.2 Å². The van der Waals surface area contributed by atoms with Crippen LogP contribution in [-0.4, -0.2) is 48.1 Å². The highest BCUT2D eigenvalue weighted by molar-refractivity contribution is 7.96. The number of anilines is 1. The lowest BCUT2D eigenvalue weighted by molar-refractivity contribution is 0.00793. The van der Waals surface area contributed by atoms with Crippen LogP contribution in [0.4, 0.5) is 10.6 Å². The van der Waals surface area contributed by atoms with Crippen LogP contribution in [-0.2, 0) is 14.8 Å². The highest BCUT2D eigenvalue weighted by Crippen LogP contribution is 2.42. The van der Waals surface area contributed by atoms with E-state index in [1.807, 2.05) is 40.7 Å². The van der Waals surface area contributed by atoms with Crippen molar-refractivity contribution in [2.75, 3.05) is 10.8 Å². The van der Waals surface area contributed by atoms with Crippen LogP contribution in [0.5, 0.6) is 0 Å². The molecule has 0 radical (unpaired) electrons. The third kappa shape index (κ3) is 3.81. The van der Waals surface area contributed by atoms with Gasteiger partial charge in [-0.05, 0) is 65.7 Å². The maximum atomic E-state index is 12.8. The Labute approximate surface area is 161 Å². The van der Waals surface area contributed by atoms with Crippen LogP contribution in [0.1, 0.15) is 46.2 Å². The SMILES string of the molecule is Cc1cccc(N2C3(C=CS2(=O)=O)CCN(C(=O)OC(C)(C)C)C(C)C3)n1. The molecule has 2 aliphatic rings. The lowest BCUT2D eigenvalue weighted by atomic mass is 9.83. The number of sulfonamides is 1. The summed E-state index contributed by atoms with van der Waals surface area (Å²) in [6.07, 6.45) is 2.35. The van der Waals surface area contributed by atoms with Gasteiger partial charge in [0.2, 0.25) is 0 Å². The van der Waals surface area contributed by atoms with Crippen molar-refractivity contribution >= 4 is 21.9 Å². The van der Waals surface area contributed by atoms with E-state index in [0.29, 0.717) is 25.2 Å². The van der Waals surface area contributed by atoms with Crippen LogP contribution in [0.2, 0.25) is 0 Å². The molecule has 0 aromatic carbocycles. The molecule has 1 spiro atoms. The minimum Gasteiger partial charge on any atom is -0.444 e. The molecule has 1 fully saturated rings. The molecule has 1 amide bonds. The quantitative estimate of drug-likeness (QED) is 0.732. The number of aryl methyl sites for hydroxylation is 1. The number of carbonyl (C=O) groups is 1. The van der Waals surface area contributed by atoms with E-state index in [-0.39, 0.29) is 12.1 Å². The zero-order chi connectivity index (χ0) is 20.0. The fourth-order valence-electron chi connectivity index (χ4n) is 3.78. The van der Waals surface area contributed by atoms with Gasteiger partial charge in [-0.3, -0.25) is 0 Å². The molecule has 8 heteroatoms. The number of pyridine rings is 1. The van der Waals surface area contributed by atoms with Gasteiger partial charge in [0.1, 0.15) is 11.4 Å². The van der Waals surface area contributed by atoms with E-state index >= 15 is 0 Å². The summed E-state index contributed by atoms with van der Waals surface area (Å²) in [7, 11) is -3.60. The molecule has 0 N–H and O–H groups in total. The Kier molecular flexibility index (Phi) is 4.74. The molecular formula is C19H27N3O4S. The molecule has 3 heterocycles. The number of piperidine rings is 1. The van der Waals surface area contributed by atoms with Crippen molar-refractivity contribution in [2.24, 2.45) is 0 Å². The van der Waals surface area contributed by atoms with Gasteiger partial charge in [-0.15, -0.1) is 0 Å². The van der Waals surface area contributed by atoms with Crippen molar-refractivity contribution < 1.29 is 17.9 Å². The first-order chi connectivity index (χ1) is 12.4. The van der Waals surface area contributed by atoms with Crippen molar-refractivity contribution in [2.45, 2.75) is 64.6 Å². The molecule has 0 bridgehead atoms. The van der Waals surface area contributed by atoms with Crippen LogP contribution in [0, 0.1) is 6.92 Å². The molecule has 7 nitrogen and oxygen atoms in total. The standard InChI is InChI=1S/C19H27N3O4S/c1-14-7-6-8-16(20-14)22-19(10-12-27(22,24)25)9-11-21(15(2)13-19)17(23)26-18(3,4)5/h6-8,10,12,15H,9,11,13H2,1-5H3. The van der Waals surface area contributed by atoms with Crippen molar-refractivity contribution in [3.63, 3.8) is 0 Å². The minimum absolute atomic E-state index is 0.168. The molecule has 1 aromatic rings. The van der Waals surface area contributed by atoms with Gasteiger partial charge in [-0.2, -0.15) is 0 Å². The third-order valence-corrected chi connectivity index (χ3v) is 6.43. The Morgan fingerprint density at radius 1 is 1.33 bits per heavy atom. The minimum atomic E-state index is -3.60. The van der Waals surface area contributed by atoms with E-state index in [1.165, 1.54) is 9.71 Å². The van der Waals surface area contributed by atoms with Crippen LogP contribution >= 0.6 is 0 Å². The first-order valence-corrected chi connectivity index (χ1v) is 10.6. The summed E-state index contributed by atoms with van der Waals surface area (Å²) in [5.74, 6) is 0.415. The molecule has 1 saturated heterocycles. The molecule has 0 saturated carbocycles.